The molecule has 0 aromatic carbocycles. The number of nitrogens with two attached hydrogens (primary N) is 1. The molecular formula is C12H20N4OS. The summed E-state index contributed by atoms with van der Waals surface area (Å²) in [7, 11) is 0. The normalized spacial score (nSPS) is 33.3. The first-order valence-electron chi connectivity index (χ1n) is 6.69. The van der Waals surface area contributed by atoms with Crippen molar-refractivity contribution < 1.29 is 5.11 Å². The lowest BCUT2D eigenvalue weighted by Gasteiger charge is -2.47. The highest BCUT2D eigenvalue weighted by molar-refractivity contribution is 7.09. The second-order valence-electron chi connectivity index (χ2n) is 5.62. The van der Waals surface area contributed by atoms with Gasteiger partial charge in [0.1, 0.15) is 10.7 Å². The maximum Gasteiger partial charge on any atom is 0.132 e. The van der Waals surface area contributed by atoms with Crippen LogP contribution in [0.3, 0.4) is 0 Å². The number of nitrogens with zero attached hydrogens (tertiary/aromatic N) is 3. The Balaban J connectivity index is 1.65. The number of hydrogen-bond donors (Lipinski definition) is 2. The van der Waals surface area contributed by atoms with Gasteiger partial charge in [0, 0.05) is 37.1 Å². The molecule has 2 unspecified atom stereocenters. The van der Waals surface area contributed by atoms with Crippen molar-refractivity contribution in [2.24, 2.45) is 5.92 Å². The maximum atomic E-state index is 10.6. The first-order valence-corrected chi connectivity index (χ1v) is 7.46. The van der Waals surface area contributed by atoms with Crippen molar-refractivity contribution in [2.45, 2.75) is 44.2 Å². The molecule has 3 rings (SSSR count). The minimum absolute atomic E-state index is 0.402. The van der Waals surface area contributed by atoms with E-state index in [2.05, 4.69) is 14.5 Å². The number of hydrogen-bond acceptors (Lipinski definition) is 6. The molecule has 0 bridgehead atoms. The van der Waals surface area contributed by atoms with Gasteiger partial charge in [0.15, 0.2) is 0 Å². The van der Waals surface area contributed by atoms with E-state index in [0.717, 1.165) is 49.6 Å². The number of fused-ring (bicyclic) bond motifs is 1. The first kappa shape index (κ1) is 12.3. The van der Waals surface area contributed by atoms with Crippen LogP contribution in [0, 0.1) is 5.92 Å². The average Bonchev–Trinajstić information content (AvgIpc) is 2.75. The summed E-state index contributed by atoms with van der Waals surface area (Å²) in [6, 6.07) is 0. The Kier molecular flexibility index (Phi) is 3.25. The summed E-state index contributed by atoms with van der Waals surface area (Å²) >= 11 is 1.26. The fourth-order valence-corrected chi connectivity index (χ4v) is 3.76. The third kappa shape index (κ3) is 2.24. The van der Waals surface area contributed by atoms with Crippen molar-refractivity contribution in [3.63, 3.8) is 0 Å². The van der Waals surface area contributed by atoms with Crippen molar-refractivity contribution in [3.8, 4) is 0 Å². The lowest BCUT2D eigenvalue weighted by molar-refractivity contribution is -0.0969. The zero-order valence-corrected chi connectivity index (χ0v) is 11.3. The highest BCUT2D eigenvalue weighted by Crippen LogP contribution is 2.40. The fraction of sp³-hybridized carbons (Fsp3) is 0.833. The smallest absolute Gasteiger partial charge is 0.132 e. The van der Waals surface area contributed by atoms with Gasteiger partial charge in [-0.15, -0.1) is 5.10 Å². The molecular weight excluding hydrogens is 248 g/mol. The Bertz CT molecular complexity index is 424. The summed E-state index contributed by atoms with van der Waals surface area (Å²) in [5, 5.41) is 15.4. The number of aromatic nitrogens is 2. The van der Waals surface area contributed by atoms with Gasteiger partial charge in [-0.25, -0.2) is 0 Å². The molecule has 3 N–H and O–H groups in total. The standard InChI is InChI=1S/C12H20N4OS/c13-11-10(14-15-18-11)8-16-6-5-12(17)4-2-1-3-9(12)7-16/h9,17H,1-8,13H2. The number of likely N-dealkylation sites (tertiary alicyclic amines) is 1. The molecule has 5 nitrogen and oxygen atoms in total. The van der Waals surface area contributed by atoms with Gasteiger partial charge in [-0.3, -0.25) is 4.90 Å². The van der Waals surface area contributed by atoms with Crippen molar-refractivity contribution >= 4 is 16.5 Å². The van der Waals surface area contributed by atoms with E-state index in [1.54, 1.807) is 0 Å². The zero-order valence-electron chi connectivity index (χ0n) is 10.5. The van der Waals surface area contributed by atoms with Gasteiger partial charge in [-0.1, -0.05) is 17.3 Å². The van der Waals surface area contributed by atoms with Gasteiger partial charge in [-0.05, 0) is 19.3 Å². The average molecular weight is 268 g/mol. The summed E-state index contributed by atoms with van der Waals surface area (Å²) < 4.78 is 3.87. The Hall–Kier alpha value is -0.720. The Morgan fingerprint density at radius 2 is 2.33 bits per heavy atom. The number of aliphatic hydroxyl groups is 1. The first-order chi connectivity index (χ1) is 8.67. The second kappa shape index (κ2) is 4.75. The Labute approximate surface area is 111 Å². The van der Waals surface area contributed by atoms with Crippen LogP contribution in [0.4, 0.5) is 5.00 Å². The van der Waals surface area contributed by atoms with E-state index in [1.807, 2.05) is 0 Å². The van der Waals surface area contributed by atoms with Gasteiger partial charge >= 0.3 is 0 Å². The predicted molar refractivity (Wildman–Crippen MR) is 71.1 cm³/mol. The molecule has 6 heteroatoms. The monoisotopic (exact) mass is 268 g/mol. The van der Waals surface area contributed by atoms with Gasteiger partial charge in [0.2, 0.25) is 0 Å². The van der Waals surface area contributed by atoms with E-state index < -0.39 is 5.60 Å². The molecule has 1 saturated heterocycles. The molecule has 2 fully saturated rings. The summed E-state index contributed by atoms with van der Waals surface area (Å²) in [4.78, 5) is 2.36. The van der Waals surface area contributed by atoms with Crippen LogP contribution in [0.1, 0.15) is 37.8 Å². The Morgan fingerprint density at radius 1 is 1.44 bits per heavy atom. The van der Waals surface area contributed by atoms with Crippen LogP contribution in [0.5, 0.6) is 0 Å². The molecule has 2 atom stereocenters. The summed E-state index contributed by atoms with van der Waals surface area (Å²) in [5.74, 6) is 0.424. The van der Waals surface area contributed by atoms with Gasteiger partial charge in [0.25, 0.3) is 0 Å². The van der Waals surface area contributed by atoms with Crippen LogP contribution in [0.2, 0.25) is 0 Å². The highest BCUT2D eigenvalue weighted by Gasteiger charge is 2.42. The summed E-state index contributed by atoms with van der Waals surface area (Å²) in [6.07, 6.45) is 5.44. The molecule has 1 aromatic rings. The zero-order chi connectivity index (χ0) is 12.6. The molecule has 0 spiro atoms. The van der Waals surface area contributed by atoms with Crippen LogP contribution in [0.25, 0.3) is 0 Å². The molecule has 18 heavy (non-hydrogen) atoms. The van der Waals surface area contributed by atoms with Crippen LogP contribution < -0.4 is 5.73 Å². The number of piperidine rings is 1. The van der Waals surface area contributed by atoms with E-state index in [-0.39, 0.29) is 0 Å². The molecule has 100 valence electrons. The van der Waals surface area contributed by atoms with Crippen molar-refractivity contribution in [3.05, 3.63) is 5.69 Å². The molecule has 2 aliphatic rings. The summed E-state index contributed by atoms with van der Waals surface area (Å²) in [5.41, 5.74) is 6.32. The maximum absolute atomic E-state index is 10.6. The minimum atomic E-state index is -0.402. The SMILES string of the molecule is Nc1snnc1CN1CCC2(O)CCCCC2C1. The van der Waals surface area contributed by atoms with Crippen molar-refractivity contribution in [2.75, 3.05) is 18.8 Å². The van der Waals surface area contributed by atoms with Crippen LogP contribution in [-0.4, -0.2) is 38.3 Å². The van der Waals surface area contributed by atoms with E-state index >= 15 is 0 Å². The van der Waals surface area contributed by atoms with Crippen molar-refractivity contribution in [1.29, 1.82) is 0 Å². The van der Waals surface area contributed by atoms with Crippen LogP contribution >= 0.6 is 11.5 Å². The van der Waals surface area contributed by atoms with E-state index in [0.29, 0.717) is 5.92 Å². The number of nitrogen functional groups attached to an aromatic ring is 1. The van der Waals surface area contributed by atoms with Gasteiger partial charge < -0.3 is 10.8 Å². The molecule has 1 aliphatic carbocycles. The third-order valence-electron chi connectivity index (χ3n) is 4.47. The van der Waals surface area contributed by atoms with E-state index in [4.69, 9.17) is 5.73 Å². The fourth-order valence-electron chi connectivity index (χ4n) is 3.32. The van der Waals surface area contributed by atoms with Gasteiger partial charge in [0.05, 0.1) is 5.60 Å². The number of anilines is 1. The topological polar surface area (TPSA) is 75.3 Å². The molecule has 0 amide bonds. The largest absolute Gasteiger partial charge is 0.390 e. The predicted octanol–water partition coefficient (Wildman–Crippen LogP) is 1.25. The second-order valence-corrected chi connectivity index (χ2v) is 6.40. The van der Waals surface area contributed by atoms with Crippen molar-refractivity contribution in [1.82, 2.24) is 14.5 Å². The number of rotatable bonds is 2. The Morgan fingerprint density at radius 3 is 3.11 bits per heavy atom. The molecule has 1 saturated carbocycles. The third-order valence-corrected chi connectivity index (χ3v) is 5.07. The van der Waals surface area contributed by atoms with E-state index in [1.165, 1.54) is 24.4 Å². The van der Waals surface area contributed by atoms with Crippen LogP contribution in [-0.2, 0) is 6.54 Å². The highest BCUT2D eigenvalue weighted by atomic mass is 32.1. The van der Waals surface area contributed by atoms with E-state index in [9.17, 15) is 5.11 Å². The lowest BCUT2D eigenvalue weighted by Crippen LogP contribution is -2.53. The molecule has 1 aliphatic heterocycles. The molecule has 1 aromatic heterocycles. The quantitative estimate of drug-likeness (QED) is 0.844. The van der Waals surface area contributed by atoms with Gasteiger partial charge in [-0.2, -0.15) is 0 Å². The minimum Gasteiger partial charge on any atom is -0.390 e. The molecule has 0 radical (unpaired) electrons. The lowest BCUT2D eigenvalue weighted by atomic mass is 9.71. The van der Waals surface area contributed by atoms with Crippen LogP contribution in [0.15, 0.2) is 0 Å². The summed E-state index contributed by atoms with van der Waals surface area (Å²) in [6.45, 7) is 2.67. The molecule has 2 heterocycles.